The molecule has 0 saturated carbocycles. The van der Waals surface area contributed by atoms with Crippen molar-refractivity contribution in [3.8, 4) is 16.9 Å². The molecule has 4 heteroatoms. The third-order valence-corrected chi connectivity index (χ3v) is 2.27. The molecule has 0 spiro atoms. The van der Waals surface area contributed by atoms with Crippen LogP contribution in [0.25, 0.3) is 0 Å². The molecule has 0 bridgehead atoms. The maximum atomic E-state index is 8.60. The van der Waals surface area contributed by atoms with Gasteiger partial charge in [0.1, 0.15) is 24.8 Å². The Bertz CT molecular complexity index is 313. The van der Waals surface area contributed by atoms with Crippen molar-refractivity contribution in [2.24, 2.45) is 0 Å². The summed E-state index contributed by atoms with van der Waals surface area (Å²) in [5.41, 5.74) is 0.574. The average molecular weight is 167 g/mol. The molecule has 1 aliphatic heterocycles. The lowest BCUT2D eigenvalue weighted by molar-refractivity contribution is 0.177. The van der Waals surface area contributed by atoms with Crippen LogP contribution in [0.5, 0.6) is 10.8 Å². The monoisotopic (exact) mass is 167 g/mol. The van der Waals surface area contributed by atoms with Gasteiger partial charge in [0.15, 0.2) is 5.75 Å². The molecule has 1 aromatic heterocycles. The normalized spacial score (nSPS) is 14.1. The molecular weight excluding hydrogens is 162 g/mol. The first-order valence-electron chi connectivity index (χ1n) is 3.19. The van der Waals surface area contributed by atoms with E-state index >= 15 is 0 Å². The number of nitriles is 1. The van der Waals surface area contributed by atoms with E-state index in [9.17, 15) is 0 Å². The van der Waals surface area contributed by atoms with Crippen LogP contribution in [0.3, 0.4) is 0 Å². The number of hydrogen-bond acceptors (Lipinski definition) is 4. The Hall–Kier alpha value is -1.21. The first kappa shape index (κ1) is 6.50. The first-order valence-corrected chi connectivity index (χ1v) is 4.07. The third kappa shape index (κ3) is 0.938. The molecule has 3 nitrogen and oxygen atoms in total. The summed E-state index contributed by atoms with van der Waals surface area (Å²) in [6.07, 6.45) is 0. The fourth-order valence-electron chi connectivity index (χ4n) is 0.921. The van der Waals surface area contributed by atoms with Gasteiger partial charge in [0, 0.05) is 5.38 Å². The highest BCUT2D eigenvalue weighted by atomic mass is 32.1. The van der Waals surface area contributed by atoms with Gasteiger partial charge in [-0.3, -0.25) is 0 Å². The molecule has 1 aromatic rings. The molecular formula is C7H5NO2S. The van der Waals surface area contributed by atoms with Gasteiger partial charge in [-0.25, -0.2) is 0 Å². The van der Waals surface area contributed by atoms with Gasteiger partial charge < -0.3 is 9.47 Å². The predicted octanol–water partition coefficient (Wildman–Crippen LogP) is 1.39. The van der Waals surface area contributed by atoms with E-state index in [1.807, 2.05) is 6.07 Å². The van der Waals surface area contributed by atoms with Crippen LogP contribution in [0.15, 0.2) is 5.38 Å². The molecule has 0 aliphatic carbocycles. The van der Waals surface area contributed by atoms with Crippen LogP contribution in [0, 0.1) is 11.3 Å². The summed E-state index contributed by atoms with van der Waals surface area (Å²) in [7, 11) is 0. The smallest absolute Gasteiger partial charge is 0.218 e. The highest BCUT2D eigenvalue weighted by Crippen LogP contribution is 2.39. The lowest BCUT2D eigenvalue weighted by Crippen LogP contribution is -2.14. The Morgan fingerprint density at radius 1 is 1.45 bits per heavy atom. The van der Waals surface area contributed by atoms with Crippen molar-refractivity contribution in [1.29, 1.82) is 5.26 Å². The minimum absolute atomic E-state index is 0.540. The first-order chi connectivity index (χ1) is 5.42. The molecule has 0 N–H and O–H groups in total. The molecule has 56 valence electrons. The highest BCUT2D eigenvalue weighted by Gasteiger charge is 2.17. The van der Waals surface area contributed by atoms with Crippen LogP contribution in [0.1, 0.15) is 5.56 Å². The fraction of sp³-hybridized carbons (Fsp3) is 0.286. The van der Waals surface area contributed by atoms with E-state index in [0.29, 0.717) is 24.5 Å². The highest BCUT2D eigenvalue weighted by molar-refractivity contribution is 7.12. The second-order valence-electron chi connectivity index (χ2n) is 2.07. The SMILES string of the molecule is N#Cc1csc2c1OCCO2. The lowest BCUT2D eigenvalue weighted by atomic mass is 10.3. The Morgan fingerprint density at radius 3 is 3.09 bits per heavy atom. The molecule has 0 fully saturated rings. The van der Waals surface area contributed by atoms with Crippen molar-refractivity contribution in [2.45, 2.75) is 0 Å². The van der Waals surface area contributed by atoms with Crippen molar-refractivity contribution in [3.63, 3.8) is 0 Å². The summed E-state index contributed by atoms with van der Waals surface area (Å²) in [6, 6.07) is 2.04. The summed E-state index contributed by atoms with van der Waals surface area (Å²) in [4.78, 5) is 0. The van der Waals surface area contributed by atoms with E-state index in [2.05, 4.69) is 0 Å². The van der Waals surface area contributed by atoms with Crippen molar-refractivity contribution in [3.05, 3.63) is 10.9 Å². The van der Waals surface area contributed by atoms with E-state index < -0.39 is 0 Å². The van der Waals surface area contributed by atoms with Crippen LogP contribution >= 0.6 is 11.3 Å². The quantitative estimate of drug-likeness (QED) is 0.586. The van der Waals surface area contributed by atoms with Crippen LogP contribution < -0.4 is 9.47 Å². The standard InChI is InChI=1S/C7H5NO2S/c8-3-5-4-11-7-6(5)9-1-2-10-7/h4H,1-2H2. The largest absolute Gasteiger partial charge is 0.484 e. The van der Waals surface area contributed by atoms with Crippen molar-refractivity contribution < 1.29 is 9.47 Å². The van der Waals surface area contributed by atoms with Gasteiger partial charge in [-0.2, -0.15) is 5.26 Å². The summed E-state index contributed by atoms with van der Waals surface area (Å²) in [5, 5.41) is 11.1. The van der Waals surface area contributed by atoms with E-state index in [0.717, 1.165) is 5.06 Å². The minimum Gasteiger partial charge on any atom is -0.484 e. The Morgan fingerprint density at radius 2 is 2.27 bits per heavy atom. The maximum Gasteiger partial charge on any atom is 0.218 e. The summed E-state index contributed by atoms with van der Waals surface area (Å²) < 4.78 is 10.5. The Kier molecular flexibility index (Phi) is 1.44. The Labute approximate surface area is 67.8 Å². The maximum absolute atomic E-state index is 8.60. The molecule has 0 radical (unpaired) electrons. The van der Waals surface area contributed by atoms with E-state index in [1.165, 1.54) is 11.3 Å². The minimum atomic E-state index is 0.540. The van der Waals surface area contributed by atoms with Gasteiger partial charge in [0.2, 0.25) is 5.06 Å². The summed E-state index contributed by atoms with van der Waals surface area (Å²) in [5.74, 6) is 0.615. The molecule has 0 unspecified atom stereocenters. The van der Waals surface area contributed by atoms with Gasteiger partial charge in [0.05, 0.1) is 0 Å². The zero-order chi connectivity index (χ0) is 7.68. The van der Waals surface area contributed by atoms with E-state index in [-0.39, 0.29) is 0 Å². The molecule has 0 aromatic carbocycles. The van der Waals surface area contributed by atoms with Crippen molar-refractivity contribution in [2.75, 3.05) is 13.2 Å². The molecule has 2 heterocycles. The number of nitrogens with zero attached hydrogens (tertiary/aromatic N) is 1. The molecule has 0 amide bonds. The molecule has 2 rings (SSSR count). The number of thiophene rings is 1. The number of rotatable bonds is 0. The summed E-state index contributed by atoms with van der Waals surface area (Å²) in [6.45, 7) is 1.12. The van der Waals surface area contributed by atoms with Crippen molar-refractivity contribution in [1.82, 2.24) is 0 Å². The molecule has 0 atom stereocenters. The van der Waals surface area contributed by atoms with Gasteiger partial charge in [-0.1, -0.05) is 0 Å². The van der Waals surface area contributed by atoms with Gasteiger partial charge in [0.25, 0.3) is 0 Å². The Balaban J connectivity index is 2.48. The second-order valence-corrected chi connectivity index (χ2v) is 2.92. The number of hydrogen-bond donors (Lipinski definition) is 0. The van der Waals surface area contributed by atoms with E-state index in [4.69, 9.17) is 14.7 Å². The van der Waals surface area contributed by atoms with Crippen LogP contribution in [-0.4, -0.2) is 13.2 Å². The van der Waals surface area contributed by atoms with Crippen LogP contribution in [0.2, 0.25) is 0 Å². The van der Waals surface area contributed by atoms with Gasteiger partial charge >= 0.3 is 0 Å². The lowest BCUT2D eigenvalue weighted by Gasteiger charge is -2.13. The van der Waals surface area contributed by atoms with Gasteiger partial charge in [-0.05, 0) is 0 Å². The number of ether oxygens (including phenoxy) is 2. The molecule has 11 heavy (non-hydrogen) atoms. The zero-order valence-electron chi connectivity index (χ0n) is 5.66. The average Bonchev–Trinajstić information content (AvgIpc) is 2.47. The molecule has 0 saturated heterocycles. The zero-order valence-corrected chi connectivity index (χ0v) is 6.48. The van der Waals surface area contributed by atoms with E-state index in [1.54, 1.807) is 5.38 Å². The third-order valence-electron chi connectivity index (χ3n) is 1.40. The predicted molar refractivity (Wildman–Crippen MR) is 40.0 cm³/mol. The van der Waals surface area contributed by atoms with Crippen LogP contribution in [-0.2, 0) is 0 Å². The summed E-state index contributed by atoms with van der Waals surface area (Å²) >= 11 is 1.41. The fourth-order valence-corrected chi connectivity index (χ4v) is 1.73. The second kappa shape index (κ2) is 2.44. The van der Waals surface area contributed by atoms with Crippen LogP contribution in [0.4, 0.5) is 0 Å². The number of fused-ring (bicyclic) bond motifs is 1. The van der Waals surface area contributed by atoms with Crippen molar-refractivity contribution >= 4 is 11.3 Å². The topological polar surface area (TPSA) is 42.2 Å². The van der Waals surface area contributed by atoms with Gasteiger partial charge in [-0.15, -0.1) is 11.3 Å². The molecule has 1 aliphatic rings.